The Balaban J connectivity index is 2.34. The summed E-state index contributed by atoms with van der Waals surface area (Å²) in [4.78, 5) is 19.4. The molecule has 0 aliphatic rings. The number of aliphatic imine (C=N–C) groups is 1. The number of hydrogen-bond donors (Lipinski definition) is 0. The zero-order valence-electron chi connectivity index (χ0n) is 9.68. The average molecular weight is 244 g/mol. The SMILES string of the molecule is C/C(=N\C=O)c1ccc(-c2scnc2C)cc1. The van der Waals surface area contributed by atoms with Crippen molar-refractivity contribution < 1.29 is 4.79 Å². The molecule has 0 aliphatic carbocycles. The molecule has 1 aromatic heterocycles. The van der Waals surface area contributed by atoms with Crippen molar-refractivity contribution >= 4 is 23.5 Å². The van der Waals surface area contributed by atoms with E-state index in [2.05, 4.69) is 9.98 Å². The van der Waals surface area contributed by atoms with E-state index in [4.69, 9.17) is 0 Å². The molecule has 2 rings (SSSR count). The van der Waals surface area contributed by atoms with Crippen LogP contribution in [0.5, 0.6) is 0 Å². The maximum absolute atomic E-state index is 10.3. The zero-order chi connectivity index (χ0) is 12.3. The molecule has 0 unspecified atom stereocenters. The van der Waals surface area contributed by atoms with Crippen molar-refractivity contribution in [2.45, 2.75) is 13.8 Å². The molecular formula is C13H12N2OS. The van der Waals surface area contributed by atoms with Gasteiger partial charge in [-0.1, -0.05) is 24.3 Å². The summed E-state index contributed by atoms with van der Waals surface area (Å²) in [6.45, 7) is 3.82. The van der Waals surface area contributed by atoms with Gasteiger partial charge in [-0.3, -0.25) is 4.79 Å². The van der Waals surface area contributed by atoms with Gasteiger partial charge in [-0.2, -0.15) is 0 Å². The van der Waals surface area contributed by atoms with Gasteiger partial charge in [-0.25, -0.2) is 9.98 Å². The molecule has 0 fully saturated rings. The number of carbonyl (C=O) groups excluding carboxylic acids is 1. The quantitative estimate of drug-likeness (QED) is 0.615. The minimum Gasteiger partial charge on any atom is -0.276 e. The first-order chi connectivity index (χ1) is 8.22. The predicted octanol–water partition coefficient (Wildman–Crippen LogP) is 3.08. The molecule has 1 heterocycles. The van der Waals surface area contributed by atoms with Gasteiger partial charge in [0.05, 0.1) is 16.1 Å². The van der Waals surface area contributed by atoms with Crippen molar-refractivity contribution in [3.8, 4) is 10.4 Å². The number of aryl methyl sites for hydroxylation is 1. The highest BCUT2D eigenvalue weighted by Crippen LogP contribution is 2.27. The van der Waals surface area contributed by atoms with E-state index in [1.807, 2.05) is 43.6 Å². The molecule has 17 heavy (non-hydrogen) atoms. The number of thiazole rings is 1. The number of hydrogen-bond acceptors (Lipinski definition) is 3. The van der Waals surface area contributed by atoms with Gasteiger partial charge < -0.3 is 0 Å². The first kappa shape index (κ1) is 11.7. The lowest BCUT2D eigenvalue weighted by Crippen LogP contribution is -1.94. The highest BCUT2D eigenvalue weighted by molar-refractivity contribution is 7.13. The van der Waals surface area contributed by atoms with Crippen molar-refractivity contribution in [3.63, 3.8) is 0 Å². The molecule has 0 radical (unpaired) electrons. The third kappa shape index (κ3) is 2.47. The molecular weight excluding hydrogens is 232 g/mol. The number of nitrogens with zero attached hydrogens (tertiary/aromatic N) is 2. The van der Waals surface area contributed by atoms with Gasteiger partial charge >= 0.3 is 0 Å². The van der Waals surface area contributed by atoms with Crippen LogP contribution in [0, 0.1) is 6.92 Å². The summed E-state index contributed by atoms with van der Waals surface area (Å²) in [5, 5.41) is 0. The minimum atomic E-state index is 0.566. The molecule has 1 aromatic carbocycles. The van der Waals surface area contributed by atoms with E-state index < -0.39 is 0 Å². The molecule has 0 aliphatic heterocycles. The predicted molar refractivity (Wildman–Crippen MR) is 70.6 cm³/mol. The fraction of sp³-hybridized carbons (Fsp3) is 0.154. The molecule has 86 valence electrons. The second-order valence-corrected chi connectivity index (χ2v) is 4.52. The summed E-state index contributed by atoms with van der Waals surface area (Å²) in [7, 11) is 0. The Morgan fingerprint density at radius 1 is 1.35 bits per heavy atom. The summed E-state index contributed by atoms with van der Waals surface area (Å²) in [5.41, 5.74) is 5.72. The summed E-state index contributed by atoms with van der Waals surface area (Å²) in [6.07, 6.45) is 0.566. The lowest BCUT2D eigenvalue weighted by molar-refractivity contribution is -0.106. The van der Waals surface area contributed by atoms with E-state index in [0.717, 1.165) is 22.5 Å². The van der Waals surface area contributed by atoms with Gasteiger partial charge in [0.2, 0.25) is 6.41 Å². The Hall–Kier alpha value is -1.81. The Morgan fingerprint density at radius 3 is 2.59 bits per heavy atom. The van der Waals surface area contributed by atoms with Crippen LogP contribution in [0.3, 0.4) is 0 Å². The number of rotatable bonds is 3. The van der Waals surface area contributed by atoms with Gasteiger partial charge in [0.25, 0.3) is 0 Å². The van der Waals surface area contributed by atoms with Crippen LogP contribution in [0.25, 0.3) is 10.4 Å². The standard InChI is InChI=1S/C13H12N2OS/c1-9(14-7-16)11-3-5-12(6-4-11)13-10(2)15-8-17-13/h3-8H,1-2H3/b14-9+. The van der Waals surface area contributed by atoms with Gasteiger partial charge in [-0.15, -0.1) is 11.3 Å². The monoisotopic (exact) mass is 244 g/mol. The molecule has 0 bridgehead atoms. The Labute approximate surface area is 104 Å². The van der Waals surface area contributed by atoms with Crippen LogP contribution in [0.2, 0.25) is 0 Å². The number of aromatic nitrogens is 1. The van der Waals surface area contributed by atoms with Crippen molar-refractivity contribution in [1.29, 1.82) is 0 Å². The maximum Gasteiger partial charge on any atom is 0.233 e. The highest BCUT2D eigenvalue weighted by atomic mass is 32.1. The molecule has 0 atom stereocenters. The second kappa shape index (κ2) is 5.01. The Kier molecular flexibility index (Phi) is 3.44. The summed E-state index contributed by atoms with van der Waals surface area (Å²) < 4.78 is 0. The lowest BCUT2D eigenvalue weighted by atomic mass is 10.1. The van der Waals surface area contributed by atoms with Gasteiger partial charge in [0, 0.05) is 5.71 Å². The van der Waals surface area contributed by atoms with E-state index in [9.17, 15) is 4.79 Å². The van der Waals surface area contributed by atoms with E-state index >= 15 is 0 Å². The van der Waals surface area contributed by atoms with Crippen molar-refractivity contribution in [2.24, 2.45) is 4.99 Å². The Bertz CT molecular complexity index is 555. The molecule has 0 saturated carbocycles. The topological polar surface area (TPSA) is 42.3 Å². The normalized spacial score (nSPS) is 11.5. The van der Waals surface area contributed by atoms with Crippen LogP contribution in [0.4, 0.5) is 0 Å². The average Bonchev–Trinajstić information content (AvgIpc) is 2.76. The van der Waals surface area contributed by atoms with E-state index in [1.165, 1.54) is 4.88 Å². The molecule has 0 saturated heterocycles. The van der Waals surface area contributed by atoms with Crippen LogP contribution in [-0.4, -0.2) is 17.1 Å². The Morgan fingerprint density at radius 2 is 2.06 bits per heavy atom. The third-order valence-electron chi connectivity index (χ3n) is 2.56. The molecule has 4 heteroatoms. The third-order valence-corrected chi connectivity index (χ3v) is 3.53. The van der Waals surface area contributed by atoms with Gasteiger partial charge in [-0.05, 0) is 25.0 Å². The lowest BCUT2D eigenvalue weighted by Gasteiger charge is -2.02. The summed E-state index contributed by atoms with van der Waals surface area (Å²) in [6, 6.07) is 7.99. The number of amides is 1. The smallest absolute Gasteiger partial charge is 0.233 e. The molecule has 2 aromatic rings. The first-order valence-corrected chi connectivity index (χ1v) is 6.09. The van der Waals surface area contributed by atoms with Crippen molar-refractivity contribution in [1.82, 2.24) is 4.98 Å². The van der Waals surface area contributed by atoms with Gasteiger partial charge in [0.15, 0.2) is 0 Å². The minimum absolute atomic E-state index is 0.566. The van der Waals surface area contributed by atoms with Crippen LogP contribution in [0.15, 0.2) is 34.8 Å². The number of carbonyl (C=O) groups is 1. The molecule has 0 spiro atoms. The van der Waals surface area contributed by atoms with E-state index in [-0.39, 0.29) is 0 Å². The zero-order valence-corrected chi connectivity index (χ0v) is 10.5. The number of benzene rings is 1. The molecule has 0 N–H and O–H groups in total. The van der Waals surface area contributed by atoms with Crippen LogP contribution < -0.4 is 0 Å². The van der Waals surface area contributed by atoms with Gasteiger partial charge in [0.1, 0.15) is 0 Å². The van der Waals surface area contributed by atoms with Crippen LogP contribution in [-0.2, 0) is 4.79 Å². The summed E-state index contributed by atoms with van der Waals surface area (Å²) >= 11 is 1.63. The maximum atomic E-state index is 10.3. The fourth-order valence-electron chi connectivity index (χ4n) is 1.60. The first-order valence-electron chi connectivity index (χ1n) is 5.21. The van der Waals surface area contributed by atoms with E-state index in [0.29, 0.717) is 6.41 Å². The summed E-state index contributed by atoms with van der Waals surface area (Å²) in [5.74, 6) is 0. The largest absolute Gasteiger partial charge is 0.276 e. The van der Waals surface area contributed by atoms with Crippen molar-refractivity contribution in [2.75, 3.05) is 0 Å². The van der Waals surface area contributed by atoms with Crippen LogP contribution >= 0.6 is 11.3 Å². The second-order valence-electron chi connectivity index (χ2n) is 3.66. The van der Waals surface area contributed by atoms with E-state index in [1.54, 1.807) is 11.3 Å². The highest BCUT2D eigenvalue weighted by Gasteiger charge is 2.05. The fourth-order valence-corrected chi connectivity index (χ4v) is 2.41. The molecule has 3 nitrogen and oxygen atoms in total. The van der Waals surface area contributed by atoms with Crippen molar-refractivity contribution in [3.05, 3.63) is 41.0 Å². The van der Waals surface area contributed by atoms with Crippen LogP contribution in [0.1, 0.15) is 18.2 Å². The molecule has 1 amide bonds.